The third kappa shape index (κ3) is 3.38. The van der Waals surface area contributed by atoms with Crippen molar-refractivity contribution in [2.45, 2.75) is 40.2 Å². The molecule has 1 heterocycles. The van der Waals surface area contributed by atoms with Crippen molar-refractivity contribution < 1.29 is 14.3 Å². The number of rotatable bonds is 3. The van der Waals surface area contributed by atoms with Crippen LogP contribution in [0, 0.1) is 6.92 Å². The fourth-order valence-electron chi connectivity index (χ4n) is 2.31. The van der Waals surface area contributed by atoms with E-state index in [-0.39, 0.29) is 11.7 Å². The summed E-state index contributed by atoms with van der Waals surface area (Å²) in [6, 6.07) is 3.83. The monoisotopic (exact) mass is 289 g/mol. The van der Waals surface area contributed by atoms with E-state index in [4.69, 9.17) is 9.47 Å². The van der Waals surface area contributed by atoms with Crippen LogP contribution in [0.2, 0.25) is 0 Å². The van der Waals surface area contributed by atoms with E-state index in [1.807, 2.05) is 58.9 Å². The molecule has 1 aliphatic rings. The second kappa shape index (κ2) is 5.80. The van der Waals surface area contributed by atoms with Gasteiger partial charge >= 0.3 is 6.09 Å². The van der Waals surface area contributed by atoms with Gasteiger partial charge in [0, 0.05) is 13.1 Å². The molecule has 0 bridgehead atoms. The van der Waals surface area contributed by atoms with E-state index < -0.39 is 0 Å². The molecule has 1 aliphatic heterocycles. The molecule has 0 saturated carbocycles. The van der Waals surface area contributed by atoms with Gasteiger partial charge in [-0.25, -0.2) is 4.79 Å². The third-order valence-corrected chi connectivity index (χ3v) is 3.49. The number of carbonyl (C=O) groups excluding carboxylic acids is 1. The second-order valence-electron chi connectivity index (χ2n) is 5.75. The minimum absolute atomic E-state index is 0.328. The predicted octanol–water partition coefficient (Wildman–Crippen LogP) is 4.02. The molecule has 1 aromatic carbocycles. The minimum atomic E-state index is -0.346. The molecular formula is C17H23NO3. The quantitative estimate of drug-likeness (QED) is 0.843. The highest BCUT2D eigenvalue weighted by molar-refractivity contribution is 5.75. The second-order valence-corrected chi connectivity index (χ2v) is 5.75. The average Bonchev–Trinajstić information content (AvgIpc) is 2.38. The first kappa shape index (κ1) is 15.4. The Morgan fingerprint density at radius 3 is 2.57 bits per heavy atom. The van der Waals surface area contributed by atoms with E-state index in [1.54, 1.807) is 4.90 Å². The summed E-state index contributed by atoms with van der Waals surface area (Å²) in [5.74, 6) is 1.30. The number of hydrogen-bond acceptors (Lipinski definition) is 3. The van der Waals surface area contributed by atoms with Gasteiger partial charge in [-0.05, 0) is 64.5 Å². The van der Waals surface area contributed by atoms with Crippen LogP contribution in [0.1, 0.15) is 38.8 Å². The highest BCUT2D eigenvalue weighted by Gasteiger charge is 2.25. The molecule has 0 aromatic heterocycles. The summed E-state index contributed by atoms with van der Waals surface area (Å²) in [6.07, 6.45) is 3.61. The summed E-state index contributed by atoms with van der Waals surface area (Å²) < 4.78 is 11.5. The number of carbonyl (C=O) groups is 1. The van der Waals surface area contributed by atoms with Crippen LogP contribution in [0.5, 0.6) is 11.5 Å². The van der Waals surface area contributed by atoms with Crippen LogP contribution in [0.25, 0.3) is 6.08 Å². The molecule has 0 aliphatic carbocycles. The van der Waals surface area contributed by atoms with Crippen LogP contribution in [-0.2, 0) is 0 Å². The first-order chi connectivity index (χ1) is 9.86. The summed E-state index contributed by atoms with van der Waals surface area (Å²) in [4.78, 5) is 13.8. The molecule has 0 unspecified atom stereocenters. The molecule has 0 saturated heterocycles. The average molecular weight is 289 g/mol. The van der Waals surface area contributed by atoms with Gasteiger partial charge in [0.05, 0.1) is 5.56 Å². The fourth-order valence-corrected chi connectivity index (χ4v) is 2.31. The number of fused-ring (bicyclic) bond motifs is 1. The van der Waals surface area contributed by atoms with Crippen LogP contribution in [0.4, 0.5) is 4.79 Å². The van der Waals surface area contributed by atoms with E-state index in [9.17, 15) is 4.79 Å². The lowest BCUT2D eigenvalue weighted by molar-refractivity contribution is 0.152. The standard InChI is InChI=1S/C17H23NO3/c1-6-18(7-2)16(19)20-14-10-12(3)11-15-13(14)8-9-17(4,5)21-15/h8-11H,6-7H2,1-5H3. The summed E-state index contributed by atoms with van der Waals surface area (Å²) in [6.45, 7) is 11.1. The van der Waals surface area contributed by atoms with Crippen molar-refractivity contribution in [2.75, 3.05) is 13.1 Å². The molecule has 0 N–H and O–H groups in total. The van der Waals surface area contributed by atoms with Crippen LogP contribution in [-0.4, -0.2) is 29.7 Å². The van der Waals surface area contributed by atoms with Gasteiger partial charge in [0.25, 0.3) is 0 Å². The zero-order valence-electron chi connectivity index (χ0n) is 13.4. The van der Waals surface area contributed by atoms with E-state index in [2.05, 4.69) is 0 Å². The zero-order valence-corrected chi connectivity index (χ0v) is 13.4. The highest BCUT2D eigenvalue weighted by atomic mass is 16.6. The number of hydrogen-bond donors (Lipinski definition) is 0. The van der Waals surface area contributed by atoms with E-state index in [0.29, 0.717) is 18.8 Å². The van der Waals surface area contributed by atoms with E-state index in [1.165, 1.54) is 0 Å². The molecule has 114 valence electrons. The molecule has 1 aromatic rings. The topological polar surface area (TPSA) is 38.8 Å². The highest BCUT2D eigenvalue weighted by Crippen LogP contribution is 2.38. The van der Waals surface area contributed by atoms with Crippen molar-refractivity contribution in [3.8, 4) is 11.5 Å². The molecule has 0 radical (unpaired) electrons. The molecular weight excluding hydrogens is 266 g/mol. The maximum Gasteiger partial charge on any atom is 0.415 e. The molecule has 21 heavy (non-hydrogen) atoms. The molecule has 2 rings (SSSR count). The van der Waals surface area contributed by atoms with E-state index in [0.717, 1.165) is 16.9 Å². The first-order valence-electron chi connectivity index (χ1n) is 7.36. The van der Waals surface area contributed by atoms with Gasteiger partial charge in [0.15, 0.2) is 0 Å². The van der Waals surface area contributed by atoms with Gasteiger partial charge < -0.3 is 14.4 Å². The van der Waals surface area contributed by atoms with Crippen LogP contribution in [0.15, 0.2) is 18.2 Å². The lowest BCUT2D eigenvalue weighted by Crippen LogP contribution is -2.33. The maximum atomic E-state index is 12.1. The van der Waals surface area contributed by atoms with Crippen molar-refractivity contribution in [1.29, 1.82) is 0 Å². The number of ether oxygens (including phenoxy) is 2. The first-order valence-corrected chi connectivity index (χ1v) is 7.36. The lowest BCUT2D eigenvalue weighted by atomic mass is 10.0. The van der Waals surface area contributed by atoms with Crippen molar-refractivity contribution in [2.24, 2.45) is 0 Å². The van der Waals surface area contributed by atoms with Crippen LogP contribution in [0.3, 0.4) is 0 Å². The summed E-state index contributed by atoms with van der Waals surface area (Å²) >= 11 is 0. The number of aryl methyl sites for hydroxylation is 1. The number of amides is 1. The van der Waals surface area contributed by atoms with Crippen molar-refractivity contribution in [3.63, 3.8) is 0 Å². The van der Waals surface area contributed by atoms with Gasteiger partial charge in [-0.3, -0.25) is 0 Å². The van der Waals surface area contributed by atoms with Crippen molar-refractivity contribution >= 4 is 12.2 Å². The smallest absolute Gasteiger partial charge is 0.415 e. The number of nitrogens with zero attached hydrogens (tertiary/aromatic N) is 1. The van der Waals surface area contributed by atoms with Gasteiger partial charge in [-0.1, -0.05) is 0 Å². The Morgan fingerprint density at radius 1 is 1.29 bits per heavy atom. The fraction of sp³-hybridized carbons (Fsp3) is 0.471. The normalized spacial score (nSPS) is 15.1. The minimum Gasteiger partial charge on any atom is -0.483 e. The third-order valence-electron chi connectivity index (χ3n) is 3.49. The van der Waals surface area contributed by atoms with Gasteiger partial charge in [-0.2, -0.15) is 0 Å². The Balaban J connectivity index is 2.33. The van der Waals surface area contributed by atoms with Gasteiger partial charge in [0.1, 0.15) is 17.1 Å². The Morgan fingerprint density at radius 2 is 1.95 bits per heavy atom. The summed E-state index contributed by atoms with van der Waals surface area (Å²) in [5.41, 5.74) is 1.48. The maximum absolute atomic E-state index is 12.1. The molecule has 1 amide bonds. The molecule has 0 fully saturated rings. The van der Waals surface area contributed by atoms with Crippen LogP contribution < -0.4 is 9.47 Å². The predicted molar refractivity (Wildman–Crippen MR) is 83.9 cm³/mol. The Labute approximate surface area is 126 Å². The van der Waals surface area contributed by atoms with Crippen molar-refractivity contribution in [1.82, 2.24) is 4.90 Å². The summed E-state index contributed by atoms with van der Waals surface area (Å²) in [7, 11) is 0. The number of benzene rings is 1. The Hall–Kier alpha value is -1.97. The SMILES string of the molecule is CCN(CC)C(=O)Oc1cc(C)cc2c1C=CC(C)(C)O2. The molecule has 4 nitrogen and oxygen atoms in total. The van der Waals surface area contributed by atoms with Crippen LogP contribution >= 0.6 is 0 Å². The van der Waals surface area contributed by atoms with E-state index >= 15 is 0 Å². The molecule has 4 heteroatoms. The zero-order chi connectivity index (χ0) is 15.6. The van der Waals surface area contributed by atoms with Gasteiger partial charge in [-0.15, -0.1) is 0 Å². The molecule has 0 atom stereocenters. The molecule has 0 spiro atoms. The lowest BCUT2D eigenvalue weighted by Gasteiger charge is -2.29. The Bertz CT molecular complexity index is 572. The summed E-state index contributed by atoms with van der Waals surface area (Å²) in [5, 5.41) is 0. The Kier molecular flexibility index (Phi) is 4.26. The van der Waals surface area contributed by atoms with Gasteiger partial charge in [0.2, 0.25) is 0 Å². The largest absolute Gasteiger partial charge is 0.483 e. The van der Waals surface area contributed by atoms with Crippen molar-refractivity contribution in [3.05, 3.63) is 29.3 Å².